The first-order valence-corrected chi connectivity index (χ1v) is 4.45. The third kappa shape index (κ3) is 3.55. The standard InChI is InChI=1S/C8H6ClFO.C2H6/c1-5(11)7-4-6(10)2-3-8(7)9;1-2/h2-4H,1H3;1-2H3. The first-order chi connectivity index (χ1) is 6.11. The van der Waals surface area contributed by atoms with E-state index in [0.29, 0.717) is 5.02 Å². The highest BCUT2D eigenvalue weighted by Gasteiger charge is 2.05. The Kier molecular flexibility index (Phi) is 5.31. The van der Waals surface area contributed by atoms with Gasteiger partial charge in [0.05, 0.1) is 5.02 Å². The summed E-state index contributed by atoms with van der Waals surface area (Å²) >= 11 is 5.60. The number of ketones is 1. The second kappa shape index (κ2) is 5.70. The summed E-state index contributed by atoms with van der Waals surface area (Å²) in [7, 11) is 0. The number of benzene rings is 1. The third-order valence-corrected chi connectivity index (χ3v) is 1.64. The minimum absolute atomic E-state index is 0.227. The van der Waals surface area contributed by atoms with Crippen molar-refractivity contribution in [2.75, 3.05) is 0 Å². The average molecular weight is 203 g/mol. The summed E-state index contributed by atoms with van der Waals surface area (Å²) in [6.07, 6.45) is 0. The Morgan fingerprint density at radius 3 is 2.31 bits per heavy atom. The first-order valence-electron chi connectivity index (χ1n) is 4.07. The van der Waals surface area contributed by atoms with Gasteiger partial charge in [0, 0.05) is 5.56 Å². The quantitative estimate of drug-likeness (QED) is 0.635. The molecule has 1 nitrogen and oxygen atoms in total. The maximum Gasteiger partial charge on any atom is 0.161 e. The largest absolute Gasteiger partial charge is 0.294 e. The van der Waals surface area contributed by atoms with Gasteiger partial charge >= 0.3 is 0 Å². The predicted molar refractivity (Wildman–Crippen MR) is 52.8 cm³/mol. The van der Waals surface area contributed by atoms with Crippen molar-refractivity contribution in [2.24, 2.45) is 0 Å². The van der Waals surface area contributed by atoms with Gasteiger partial charge in [-0.05, 0) is 25.1 Å². The molecule has 0 aromatic heterocycles. The van der Waals surface area contributed by atoms with E-state index in [1.807, 2.05) is 13.8 Å². The molecule has 0 bridgehead atoms. The van der Waals surface area contributed by atoms with E-state index in [-0.39, 0.29) is 11.3 Å². The van der Waals surface area contributed by atoms with Crippen molar-refractivity contribution in [3.05, 3.63) is 34.6 Å². The van der Waals surface area contributed by atoms with E-state index in [2.05, 4.69) is 0 Å². The zero-order valence-electron chi connectivity index (χ0n) is 7.90. The van der Waals surface area contributed by atoms with Gasteiger partial charge in [-0.15, -0.1) is 0 Å². The summed E-state index contributed by atoms with van der Waals surface area (Å²) in [5.41, 5.74) is 0.228. The average Bonchev–Trinajstić information content (AvgIpc) is 2.12. The van der Waals surface area contributed by atoms with E-state index < -0.39 is 5.82 Å². The number of Topliss-reactive ketones (excluding diaryl/α,β-unsaturated/α-hetero) is 1. The summed E-state index contributed by atoms with van der Waals surface area (Å²) in [5.74, 6) is -0.672. The number of carbonyl (C=O) groups excluding carboxylic acids is 1. The van der Waals surface area contributed by atoms with Crippen LogP contribution in [0, 0.1) is 5.82 Å². The molecule has 0 saturated carbocycles. The minimum atomic E-state index is -0.445. The Hall–Kier alpha value is -0.890. The third-order valence-electron chi connectivity index (χ3n) is 1.31. The fourth-order valence-corrected chi connectivity index (χ4v) is 1.02. The number of rotatable bonds is 1. The lowest BCUT2D eigenvalue weighted by Gasteiger charge is -1.97. The molecule has 1 rings (SSSR count). The van der Waals surface area contributed by atoms with Crippen molar-refractivity contribution < 1.29 is 9.18 Å². The van der Waals surface area contributed by atoms with Gasteiger partial charge in [-0.3, -0.25) is 4.79 Å². The van der Waals surface area contributed by atoms with E-state index in [1.165, 1.54) is 19.1 Å². The lowest BCUT2D eigenvalue weighted by atomic mass is 10.1. The molecule has 1 aromatic rings. The number of carbonyl (C=O) groups is 1. The van der Waals surface area contributed by atoms with Crippen LogP contribution < -0.4 is 0 Å². The smallest absolute Gasteiger partial charge is 0.161 e. The minimum Gasteiger partial charge on any atom is -0.294 e. The van der Waals surface area contributed by atoms with E-state index in [1.54, 1.807) is 0 Å². The van der Waals surface area contributed by atoms with Crippen LogP contribution in [-0.4, -0.2) is 5.78 Å². The van der Waals surface area contributed by atoms with Crippen LogP contribution in [0.2, 0.25) is 5.02 Å². The molecule has 0 unspecified atom stereocenters. The molecule has 0 spiro atoms. The zero-order chi connectivity index (χ0) is 10.4. The fourth-order valence-electron chi connectivity index (χ4n) is 0.767. The summed E-state index contributed by atoms with van der Waals surface area (Å²) in [6, 6.07) is 3.72. The molecule has 0 heterocycles. The van der Waals surface area contributed by atoms with Gasteiger partial charge in [0.2, 0.25) is 0 Å². The predicted octanol–water partition coefficient (Wildman–Crippen LogP) is 3.71. The van der Waals surface area contributed by atoms with Crippen molar-refractivity contribution in [3.63, 3.8) is 0 Å². The lowest BCUT2D eigenvalue weighted by molar-refractivity contribution is 0.101. The Morgan fingerprint density at radius 2 is 1.92 bits per heavy atom. The molecule has 72 valence electrons. The van der Waals surface area contributed by atoms with Crippen LogP contribution in [0.15, 0.2) is 18.2 Å². The van der Waals surface area contributed by atoms with E-state index in [0.717, 1.165) is 6.07 Å². The molecule has 0 atom stereocenters. The molecular formula is C10H12ClFO. The van der Waals surface area contributed by atoms with Crippen molar-refractivity contribution in [1.82, 2.24) is 0 Å². The molecule has 0 aliphatic rings. The summed E-state index contributed by atoms with van der Waals surface area (Å²) in [6.45, 7) is 5.35. The van der Waals surface area contributed by atoms with Crippen LogP contribution in [0.3, 0.4) is 0 Å². The van der Waals surface area contributed by atoms with E-state index in [9.17, 15) is 9.18 Å². The molecule has 3 heteroatoms. The Balaban J connectivity index is 0.000000671. The monoisotopic (exact) mass is 202 g/mol. The van der Waals surface area contributed by atoms with Gasteiger partial charge in [0.1, 0.15) is 5.82 Å². The highest BCUT2D eigenvalue weighted by atomic mass is 35.5. The summed E-state index contributed by atoms with van der Waals surface area (Å²) < 4.78 is 12.5. The first kappa shape index (κ1) is 12.1. The maximum absolute atomic E-state index is 12.5. The van der Waals surface area contributed by atoms with Crippen molar-refractivity contribution >= 4 is 17.4 Å². The van der Waals surface area contributed by atoms with Gasteiger partial charge in [-0.2, -0.15) is 0 Å². The number of hydrogen-bond acceptors (Lipinski definition) is 1. The van der Waals surface area contributed by atoms with E-state index >= 15 is 0 Å². The number of halogens is 2. The molecule has 0 amide bonds. The van der Waals surface area contributed by atoms with Gasteiger partial charge in [-0.1, -0.05) is 25.4 Å². The second-order valence-electron chi connectivity index (χ2n) is 2.18. The van der Waals surface area contributed by atoms with Crippen LogP contribution in [0.25, 0.3) is 0 Å². The molecule has 1 aromatic carbocycles. The van der Waals surface area contributed by atoms with Gasteiger partial charge in [-0.25, -0.2) is 4.39 Å². The van der Waals surface area contributed by atoms with Crippen LogP contribution in [0.4, 0.5) is 4.39 Å². The number of hydrogen-bond donors (Lipinski definition) is 0. The van der Waals surface area contributed by atoms with E-state index in [4.69, 9.17) is 11.6 Å². The summed E-state index contributed by atoms with van der Waals surface area (Å²) in [5, 5.41) is 0.291. The van der Waals surface area contributed by atoms with Crippen molar-refractivity contribution in [2.45, 2.75) is 20.8 Å². The van der Waals surface area contributed by atoms with Crippen LogP contribution in [0.1, 0.15) is 31.1 Å². The maximum atomic E-state index is 12.5. The van der Waals surface area contributed by atoms with Crippen LogP contribution in [0.5, 0.6) is 0 Å². The topological polar surface area (TPSA) is 17.1 Å². The highest BCUT2D eigenvalue weighted by molar-refractivity contribution is 6.33. The SMILES string of the molecule is CC.CC(=O)c1cc(F)ccc1Cl. The Labute approximate surface area is 82.5 Å². The van der Waals surface area contributed by atoms with Crippen molar-refractivity contribution in [3.8, 4) is 0 Å². The van der Waals surface area contributed by atoms with Gasteiger partial charge < -0.3 is 0 Å². The second-order valence-corrected chi connectivity index (χ2v) is 2.59. The zero-order valence-corrected chi connectivity index (χ0v) is 8.65. The molecular weight excluding hydrogens is 191 g/mol. The highest BCUT2D eigenvalue weighted by Crippen LogP contribution is 2.16. The lowest BCUT2D eigenvalue weighted by Crippen LogP contribution is -1.93. The molecule has 0 saturated heterocycles. The molecule has 0 fully saturated rings. The molecule has 0 radical (unpaired) electrons. The Bertz CT molecular complexity index is 297. The van der Waals surface area contributed by atoms with Gasteiger partial charge in [0.25, 0.3) is 0 Å². The molecule has 13 heavy (non-hydrogen) atoms. The van der Waals surface area contributed by atoms with Crippen LogP contribution in [-0.2, 0) is 0 Å². The molecule has 0 N–H and O–H groups in total. The Morgan fingerprint density at radius 1 is 1.38 bits per heavy atom. The van der Waals surface area contributed by atoms with Gasteiger partial charge in [0.15, 0.2) is 5.78 Å². The normalized spacial score (nSPS) is 8.69. The van der Waals surface area contributed by atoms with Crippen molar-refractivity contribution in [1.29, 1.82) is 0 Å². The molecule has 0 aliphatic heterocycles. The van der Waals surface area contributed by atoms with Crippen LogP contribution >= 0.6 is 11.6 Å². The molecule has 0 aliphatic carbocycles. The fraction of sp³-hybridized carbons (Fsp3) is 0.300. The summed E-state index contributed by atoms with van der Waals surface area (Å²) in [4.78, 5) is 10.8.